The van der Waals surface area contributed by atoms with Crippen LogP contribution in [0.2, 0.25) is 0 Å². The highest BCUT2D eigenvalue weighted by Gasteiger charge is 2.09. The largest absolute Gasteiger partial charge is 0.492 e. The van der Waals surface area contributed by atoms with Crippen LogP contribution in [-0.4, -0.2) is 50.6 Å². The maximum Gasteiger partial charge on any atom is 0.243 e. The molecule has 0 saturated carbocycles. The molecule has 0 bridgehead atoms. The number of amides is 1. The Bertz CT molecular complexity index is 812. The summed E-state index contributed by atoms with van der Waals surface area (Å²) in [6.45, 7) is 1.23. The second-order valence-electron chi connectivity index (χ2n) is 5.76. The van der Waals surface area contributed by atoms with E-state index in [2.05, 4.69) is 21.5 Å². The quantitative estimate of drug-likeness (QED) is 0.449. The molecule has 27 heavy (non-hydrogen) atoms. The van der Waals surface area contributed by atoms with E-state index < -0.39 is 0 Å². The molecule has 2 aromatic rings. The number of anilines is 1. The van der Waals surface area contributed by atoms with Gasteiger partial charge in [-0.25, -0.2) is 0 Å². The average Bonchev–Trinajstić information content (AvgIpc) is 2.69. The van der Waals surface area contributed by atoms with E-state index in [1.165, 1.54) is 0 Å². The van der Waals surface area contributed by atoms with E-state index in [0.29, 0.717) is 24.8 Å². The zero-order chi connectivity index (χ0) is 19.5. The minimum atomic E-state index is -0.181. The first-order chi connectivity index (χ1) is 13.1. The Morgan fingerprint density at radius 2 is 2.00 bits per heavy atom. The number of guanidine groups is 1. The van der Waals surface area contributed by atoms with E-state index in [-0.39, 0.29) is 12.5 Å². The number of aliphatic imine (C=N–C) groups is 1. The van der Waals surface area contributed by atoms with Crippen molar-refractivity contribution in [3.05, 3.63) is 60.2 Å². The van der Waals surface area contributed by atoms with Gasteiger partial charge in [0.2, 0.25) is 5.91 Å². The fraction of sp³-hybridized carbons (Fsp3) is 0.238. The number of nitrogens with zero attached hydrogens (tertiary/aromatic N) is 2. The molecule has 2 N–H and O–H groups in total. The SMILES string of the molecule is C#Cc1cccc(NC(=O)CNC(=NC)N(C)CCOc2ccccc2)c1. The summed E-state index contributed by atoms with van der Waals surface area (Å²) in [5.41, 5.74) is 1.38. The van der Waals surface area contributed by atoms with E-state index in [1.54, 1.807) is 25.2 Å². The fourth-order valence-corrected chi connectivity index (χ4v) is 2.36. The number of nitrogens with one attached hydrogen (secondary N) is 2. The van der Waals surface area contributed by atoms with Gasteiger partial charge in [-0.1, -0.05) is 30.2 Å². The summed E-state index contributed by atoms with van der Waals surface area (Å²) < 4.78 is 5.68. The standard InChI is InChI=1S/C21H24N4O2/c1-4-17-9-8-10-18(15-17)24-20(26)16-23-21(22-2)25(3)13-14-27-19-11-6-5-7-12-19/h1,5-12,15H,13-14,16H2,2-3H3,(H,22,23)(H,24,26). The Hall–Kier alpha value is -3.46. The van der Waals surface area contributed by atoms with Crippen molar-refractivity contribution in [3.8, 4) is 18.1 Å². The highest BCUT2D eigenvalue weighted by Crippen LogP contribution is 2.09. The second kappa shape index (κ2) is 10.5. The van der Waals surface area contributed by atoms with Gasteiger partial charge in [0, 0.05) is 25.3 Å². The van der Waals surface area contributed by atoms with E-state index in [0.717, 1.165) is 11.3 Å². The Morgan fingerprint density at radius 1 is 1.22 bits per heavy atom. The number of hydrogen-bond acceptors (Lipinski definition) is 3. The van der Waals surface area contributed by atoms with E-state index in [9.17, 15) is 4.79 Å². The molecule has 2 aromatic carbocycles. The first kappa shape index (κ1) is 19.9. The molecular weight excluding hydrogens is 340 g/mol. The van der Waals surface area contributed by atoms with Gasteiger partial charge in [0.05, 0.1) is 13.1 Å². The molecule has 0 aliphatic heterocycles. The molecule has 140 valence electrons. The number of likely N-dealkylation sites (N-methyl/N-ethyl adjacent to an activating group) is 1. The summed E-state index contributed by atoms with van der Waals surface area (Å²) in [6, 6.07) is 16.8. The lowest BCUT2D eigenvalue weighted by atomic mass is 10.2. The number of benzene rings is 2. The zero-order valence-electron chi connectivity index (χ0n) is 15.6. The van der Waals surface area contributed by atoms with Gasteiger partial charge in [0.25, 0.3) is 0 Å². The van der Waals surface area contributed by atoms with E-state index in [4.69, 9.17) is 11.2 Å². The van der Waals surface area contributed by atoms with Gasteiger partial charge in [-0.2, -0.15) is 0 Å². The molecular formula is C21H24N4O2. The van der Waals surface area contributed by atoms with Gasteiger partial charge in [-0.15, -0.1) is 6.42 Å². The second-order valence-corrected chi connectivity index (χ2v) is 5.76. The predicted octanol–water partition coefficient (Wildman–Crippen LogP) is 2.19. The molecule has 0 aromatic heterocycles. The summed E-state index contributed by atoms with van der Waals surface area (Å²) >= 11 is 0. The molecule has 2 rings (SSSR count). The summed E-state index contributed by atoms with van der Waals surface area (Å²) in [4.78, 5) is 18.2. The van der Waals surface area contributed by atoms with Crippen LogP contribution in [0.5, 0.6) is 5.75 Å². The van der Waals surface area contributed by atoms with Crippen LogP contribution in [0.4, 0.5) is 5.69 Å². The summed E-state index contributed by atoms with van der Waals surface area (Å²) in [6.07, 6.45) is 5.37. The first-order valence-electron chi connectivity index (χ1n) is 8.58. The minimum absolute atomic E-state index is 0.0941. The lowest BCUT2D eigenvalue weighted by Crippen LogP contribution is -2.43. The van der Waals surface area contributed by atoms with Crippen molar-refractivity contribution in [2.24, 2.45) is 4.99 Å². The Morgan fingerprint density at radius 3 is 2.70 bits per heavy atom. The third kappa shape index (κ3) is 6.75. The maximum absolute atomic E-state index is 12.1. The summed E-state index contributed by atoms with van der Waals surface area (Å²) in [5.74, 6) is 3.79. The molecule has 0 aliphatic carbocycles. The number of carbonyl (C=O) groups is 1. The van der Waals surface area contributed by atoms with Crippen molar-refractivity contribution in [1.29, 1.82) is 0 Å². The lowest BCUT2D eigenvalue weighted by Gasteiger charge is -2.22. The number of ether oxygens (including phenoxy) is 1. The van der Waals surface area contributed by atoms with Crippen molar-refractivity contribution in [1.82, 2.24) is 10.2 Å². The molecule has 0 heterocycles. The number of carbonyl (C=O) groups excluding carboxylic acids is 1. The van der Waals surface area contributed by atoms with Gasteiger partial charge in [0.15, 0.2) is 5.96 Å². The van der Waals surface area contributed by atoms with Crippen LogP contribution in [0.25, 0.3) is 0 Å². The van der Waals surface area contributed by atoms with Crippen LogP contribution in [0.1, 0.15) is 5.56 Å². The molecule has 0 fully saturated rings. The first-order valence-corrected chi connectivity index (χ1v) is 8.58. The van der Waals surface area contributed by atoms with Crippen LogP contribution in [-0.2, 0) is 4.79 Å². The molecule has 0 atom stereocenters. The van der Waals surface area contributed by atoms with Crippen molar-refractivity contribution in [3.63, 3.8) is 0 Å². The molecule has 6 heteroatoms. The molecule has 0 unspecified atom stereocenters. The lowest BCUT2D eigenvalue weighted by molar-refractivity contribution is -0.115. The molecule has 0 aliphatic rings. The normalized spacial score (nSPS) is 10.6. The zero-order valence-corrected chi connectivity index (χ0v) is 15.6. The van der Waals surface area contributed by atoms with Crippen molar-refractivity contribution in [2.45, 2.75) is 0 Å². The van der Waals surface area contributed by atoms with Crippen molar-refractivity contribution < 1.29 is 9.53 Å². The third-order valence-electron chi connectivity index (χ3n) is 3.73. The van der Waals surface area contributed by atoms with Gasteiger partial charge in [0.1, 0.15) is 12.4 Å². The monoisotopic (exact) mass is 364 g/mol. The van der Waals surface area contributed by atoms with Crippen LogP contribution < -0.4 is 15.4 Å². The smallest absolute Gasteiger partial charge is 0.243 e. The Balaban J connectivity index is 1.76. The summed E-state index contributed by atoms with van der Waals surface area (Å²) in [7, 11) is 3.56. The number of rotatable bonds is 7. The van der Waals surface area contributed by atoms with Gasteiger partial charge < -0.3 is 20.3 Å². The van der Waals surface area contributed by atoms with Gasteiger partial charge in [-0.05, 0) is 30.3 Å². The predicted molar refractivity (Wildman–Crippen MR) is 109 cm³/mol. The number of para-hydroxylation sites is 1. The van der Waals surface area contributed by atoms with Crippen LogP contribution in [0.15, 0.2) is 59.6 Å². The topological polar surface area (TPSA) is 66.0 Å². The Kier molecular flexibility index (Phi) is 7.73. The number of terminal acetylenes is 1. The van der Waals surface area contributed by atoms with Crippen molar-refractivity contribution >= 4 is 17.6 Å². The van der Waals surface area contributed by atoms with Crippen LogP contribution >= 0.6 is 0 Å². The Labute approximate surface area is 160 Å². The van der Waals surface area contributed by atoms with Gasteiger partial charge >= 0.3 is 0 Å². The molecule has 1 amide bonds. The van der Waals surface area contributed by atoms with E-state index in [1.807, 2.05) is 48.3 Å². The summed E-state index contributed by atoms with van der Waals surface area (Å²) in [5, 5.41) is 5.84. The molecule has 6 nitrogen and oxygen atoms in total. The highest BCUT2D eigenvalue weighted by atomic mass is 16.5. The van der Waals surface area contributed by atoms with Gasteiger partial charge in [-0.3, -0.25) is 9.79 Å². The highest BCUT2D eigenvalue weighted by molar-refractivity contribution is 5.95. The molecule has 0 saturated heterocycles. The number of hydrogen-bond donors (Lipinski definition) is 2. The third-order valence-corrected chi connectivity index (χ3v) is 3.73. The molecule has 0 spiro atoms. The average molecular weight is 364 g/mol. The van der Waals surface area contributed by atoms with Crippen molar-refractivity contribution in [2.75, 3.05) is 39.1 Å². The van der Waals surface area contributed by atoms with Crippen LogP contribution in [0, 0.1) is 12.3 Å². The van der Waals surface area contributed by atoms with Crippen LogP contribution in [0.3, 0.4) is 0 Å². The minimum Gasteiger partial charge on any atom is -0.492 e. The van der Waals surface area contributed by atoms with E-state index >= 15 is 0 Å². The fourth-order valence-electron chi connectivity index (χ4n) is 2.36. The molecule has 0 radical (unpaired) electrons. The maximum atomic E-state index is 12.1.